The van der Waals surface area contributed by atoms with Crippen LogP contribution < -0.4 is 10.1 Å². The van der Waals surface area contributed by atoms with Crippen molar-refractivity contribution in [3.63, 3.8) is 0 Å². The molecular formula is C25H22N6O3. The molecule has 5 rings (SSSR count). The van der Waals surface area contributed by atoms with Crippen molar-refractivity contribution >= 4 is 16.9 Å². The lowest BCUT2D eigenvalue weighted by molar-refractivity contribution is -0.123. The summed E-state index contributed by atoms with van der Waals surface area (Å²) in [7, 11) is 1.48. The lowest BCUT2D eigenvalue weighted by Crippen LogP contribution is -2.33. The van der Waals surface area contributed by atoms with E-state index < -0.39 is 6.04 Å². The van der Waals surface area contributed by atoms with Gasteiger partial charge in [0.25, 0.3) is 0 Å². The number of nitrogens with one attached hydrogen (secondary N) is 2. The molecule has 34 heavy (non-hydrogen) atoms. The molecule has 2 heterocycles. The van der Waals surface area contributed by atoms with Gasteiger partial charge in [-0.1, -0.05) is 47.7 Å². The number of imidazole rings is 1. The summed E-state index contributed by atoms with van der Waals surface area (Å²) in [6.45, 7) is 0.255. The van der Waals surface area contributed by atoms with Crippen LogP contribution in [-0.2, 0) is 11.3 Å². The summed E-state index contributed by atoms with van der Waals surface area (Å²) < 4.78 is 6.80. The summed E-state index contributed by atoms with van der Waals surface area (Å²) in [6.07, 6.45) is 3.37. The third kappa shape index (κ3) is 4.06. The second-order valence-corrected chi connectivity index (χ2v) is 7.74. The van der Waals surface area contributed by atoms with E-state index in [1.165, 1.54) is 13.2 Å². The van der Waals surface area contributed by atoms with Gasteiger partial charge in [0.1, 0.15) is 5.52 Å². The molecule has 170 valence electrons. The first-order valence-corrected chi connectivity index (χ1v) is 10.7. The molecule has 0 saturated heterocycles. The van der Waals surface area contributed by atoms with Crippen LogP contribution in [0.5, 0.6) is 11.5 Å². The van der Waals surface area contributed by atoms with Crippen molar-refractivity contribution in [1.29, 1.82) is 0 Å². The Hall–Kier alpha value is -4.66. The summed E-state index contributed by atoms with van der Waals surface area (Å²) in [4.78, 5) is 20.6. The van der Waals surface area contributed by atoms with Gasteiger partial charge >= 0.3 is 0 Å². The van der Waals surface area contributed by atoms with Gasteiger partial charge in [-0.15, -0.1) is 5.10 Å². The second kappa shape index (κ2) is 9.07. The summed E-state index contributed by atoms with van der Waals surface area (Å²) in [5, 5.41) is 21.3. The molecule has 0 saturated carbocycles. The van der Waals surface area contributed by atoms with Gasteiger partial charge in [0, 0.05) is 6.54 Å². The molecule has 9 nitrogen and oxygen atoms in total. The fraction of sp³-hybridized carbons (Fsp3) is 0.120. The second-order valence-electron chi connectivity index (χ2n) is 7.74. The number of benzene rings is 3. The first-order chi connectivity index (χ1) is 16.6. The number of ether oxygens (including phenoxy) is 1. The van der Waals surface area contributed by atoms with Gasteiger partial charge < -0.3 is 20.1 Å². The molecule has 5 aromatic rings. The van der Waals surface area contributed by atoms with Crippen molar-refractivity contribution in [2.45, 2.75) is 12.6 Å². The van der Waals surface area contributed by atoms with Crippen LogP contribution in [0.15, 0.2) is 79.3 Å². The maximum atomic E-state index is 13.5. The van der Waals surface area contributed by atoms with Gasteiger partial charge in [0.05, 0.1) is 30.8 Å². The fourth-order valence-corrected chi connectivity index (χ4v) is 3.86. The Morgan fingerprint density at radius 1 is 1.15 bits per heavy atom. The number of amides is 1. The molecule has 1 amide bonds. The van der Waals surface area contributed by atoms with Crippen molar-refractivity contribution < 1.29 is 14.6 Å². The number of carbonyl (C=O) groups excluding carboxylic acids is 1. The van der Waals surface area contributed by atoms with Crippen LogP contribution in [0.4, 0.5) is 0 Å². The number of methoxy groups -OCH3 is 1. The van der Waals surface area contributed by atoms with E-state index in [1.807, 2.05) is 48.5 Å². The summed E-state index contributed by atoms with van der Waals surface area (Å²) in [5.74, 6) is 0.152. The van der Waals surface area contributed by atoms with Crippen LogP contribution in [-0.4, -0.2) is 43.1 Å². The van der Waals surface area contributed by atoms with Crippen molar-refractivity contribution in [2.75, 3.05) is 7.11 Å². The van der Waals surface area contributed by atoms with E-state index in [0.717, 1.165) is 27.9 Å². The predicted molar refractivity (Wildman–Crippen MR) is 126 cm³/mol. The Kier molecular flexibility index (Phi) is 5.65. The minimum atomic E-state index is -0.734. The van der Waals surface area contributed by atoms with Crippen LogP contribution in [0.2, 0.25) is 0 Å². The Balaban J connectivity index is 1.47. The molecule has 0 radical (unpaired) electrons. The van der Waals surface area contributed by atoms with Crippen molar-refractivity contribution in [3.05, 3.63) is 90.4 Å². The number of nitrogens with zero attached hydrogens (tertiary/aromatic N) is 4. The first kappa shape index (κ1) is 21.2. The van der Waals surface area contributed by atoms with E-state index in [9.17, 15) is 9.90 Å². The number of fused-ring (bicyclic) bond motifs is 1. The molecule has 9 heteroatoms. The monoisotopic (exact) mass is 454 g/mol. The van der Waals surface area contributed by atoms with E-state index in [0.29, 0.717) is 11.3 Å². The summed E-state index contributed by atoms with van der Waals surface area (Å²) in [6, 6.07) is 19.4. The number of hydrogen-bond donors (Lipinski definition) is 3. The van der Waals surface area contributed by atoms with Crippen LogP contribution >= 0.6 is 0 Å². The zero-order chi connectivity index (χ0) is 23.5. The average Bonchev–Trinajstić information content (AvgIpc) is 3.55. The number of phenols is 1. The Labute approximate surface area is 195 Å². The minimum Gasteiger partial charge on any atom is -0.504 e. The number of aromatic nitrogens is 5. The van der Waals surface area contributed by atoms with Crippen LogP contribution in [0.1, 0.15) is 17.2 Å². The number of carbonyl (C=O) groups is 1. The maximum Gasteiger partial charge on any atom is 0.249 e. The summed E-state index contributed by atoms with van der Waals surface area (Å²) in [5.41, 5.74) is 4.86. The molecule has 2 aromatic heterocycles. The number of rotatable bonds is 7. The minimum absolute atomic E-state index is 0.0434. The Morgan fingerprint density at radius 3 is 2.74 bits per heavy atom. The average molecular weight is 454 g/mol. The molecule has 3 aromatic carbocycles. The van der Waals surface area contributed by atoms with E-state index in [4.69, 9.17) is 4.74 Å². The largest absolute Gasteiger partial charge is 0.504 e. The number of aromatic amines is 1. The molecule has 1 unspecified atom stereocenters. The zero-order valence-electron chi connectivity index (χ0n) is 18.3. The number of hydrogen-bond acceptors (Lipinski definition) is 6. The van der Waals surface area contributed by atoms with Crippen LogP contribution in [0.25, 0.3) is 22.3 Å². The molecule has 0 spiro atoms. The van der Waals surface area contributed by atoms with Gasteiger partial charge in [0.15, 0.2) is 17.5 Å². The van der Waals surface area contributed by atoms with Crippen molar-refractivity contribution in [1.82, 2.24) is 30.3 Å². The molecular weight excluding hydrogens is 432 g/mol. The first-order valence-electron chi connectivity index (χ1n) is 10.7. The van der Waals surface area contributed by atoms with Crippen LogP contribution in [0.3, 0.4) is 0 Å². The SMILES string of the molecule is COc1cc(CNC(=O)C(c2ccc(-c3cnc[nH]3)cc2)n2nnc3ccccc32)ccc1O. The number of phenolic OH excluding ortho intramolecular Hbond substituents is 1. The van der Waals surface area contributed by atoms with Crippen molar-refractivity contribution in [2.24, 2.45) is 0 Å². The molecule has 0 aliphatic heterocycles. The van der Waals surface area contributed by atoms with Gasteiger partial charge in [-0.3, -0.25) is 4.79 Å². The highest BCUT2D eigenvalue weighted by molar-refractivity contribution is 5.86. The summed E-state index contributed by atoms with van der Waals surface area (Å²) >= 11 is 0. The van der Waals surface area contributed by atoms with Crippen LogP contribution in [0, 0.1) is 0 Å². The lowest BCUT2D eigenvalue weighted by Gasteiger charge is -2.19. The van der Waals surface area contributed by atoms with E-state index >= 15 is 0 Å². The van der Waals surface area contributed by atoms with E-state index in [2.05, 4.69) is 25.6 Å². The smallest absolute Gasteiger partial charge is 0.249 e. The molecule has 0 fully saturated rings. The Bertz CT molecular complexity index is 1430. The zero-order valence-corrected chi connectivity index (χ0v) is 18.3. The maximum absolute atomic E-state index is 13.5. The molecule has 1 atom stereocenters. The topological polar surface area (TPSA) is 118 Å². The van der Waals surface area contributed by atoms with E-state index in [1.54, 1.807) is 29.3 Å². The number of H-pyrrole nitrogens is 1. The lowest BCUT2D eigenvalue weighted by atomic mass is 10.0. The Morgan fingerprint density at radius 2 is 1.97 bits per heavy atom. The highest BCUT2D eigenvalue weighted by Gasteiger charge is 2.26. The van der Waals surface area contributed by atoms with Gasteiger partial charge in [-0.05, 0) is 41.0 Å². The highest BCUT2D eigenvalue weighted by Crippen LogP contribution is 2.27. The molecule has 0 bridgehead atoms. The standard InChI is InChI=1S/C25H22N6O3/c1-34-23-12-16(6-11-22(23)32)13-27-25(33)24(31-21-5-3-2-4-19(21)29-30-31)18-9-7-17(8-10-18)20-14-26-15-28-20/h2-12,14-15,24,32H,13H2,1H3,(H,26,28)(H,27,33). The number of aromatic hydroxyl groups is 1. The molecule has 0 aliphatic carbocycles. The number of para-hydroxylation sites is 1. The third-order valence-corrected chi connectivity index (χ3v) is 5.62. The fourth-order valence-electron chi connectivity index (χ4n) is 3.86. The third-order valence-electron chi connectivity index (χ3n) is 5.62. The van der Waals surface area contributed by atoms with Gasteiger partial charge in [-0.25, -0.2) is 9.67 Å². The predicted octanol–water partition coefficient (Wildman–Crippen LogP) is 3.44. The van der Waals surface area contributed by atoms with E-state index in [-0.39, 0.29) is 18.2 Å². The molecule has 3 N–H and O–H groups in total. The van der Waals surface area contributed by atoms with Gasteiger partial charge in [0.2, 0.25) is 5.91 Å². The van der Waals surface area contributed by atoms with Crippen molar-refractivity contribution in [3.8, 4) is 22.8 Å². The quantitative estimate of drug-likeness (QED) is 0.347. The molecule has 0 aliphatic rings. The normalized spacial score (nSPS) is 11.9. The highest BCUT2D eigenvalue weighted by atomic mass is 16.5. The van der Waals surface area contributed by atoms with Gasteiger partial charge in [-0.2, -0.15) is 0 Å².